The number of rotatable bonds is 0. The third-order valence-corrected chi connectivity index (χ3v) is 1.76. The molecular formula is C10H7NO. The number of nitrogen functional groups attached to an aromatic ring is 1. The summed E-state index contributed by atoms with van der Waals surface area (Å²) in [6, 6.07) is 7.50. The minimum atomic E-state index is 0.413. The van der Waals surface area contributed by atoms with Crippen LogP contribution >= 0.6 is 0 Å². The van der Waals surface area contributed by atoms with Crippen LogP contribution in [-0.2, 0) is 0 Å². The van der Waals surface area contributed by atoms with Gasteiger partial charge in [-0.05, 0) is 18.1 Å². The first-order chi connectivity index (χ1) is 5.83. The molecule has 1 aromatic carbocycles. The molecule has 0 unspecified atom stereocenters. The van der Waals surface area contributed by atoms with E-state index in [0.717, 1.165) is 11.0 Å². The van der Waals surface area contributed by atoms with Crippen LogP contribution in [0.15, 0.2) is 28.7 Å². The van der Waals surface area contributed by atoms with Gasteiger partial charge in [-0.25, -0.2) is 0 Å². The highest BCUT2D eigenvalue weighted by Gasteiger charge is 2.06. The van der Waals surface area contributed by atoms with Gasteiger partial charge in [-0.3, -0.25) is 0 Å². The van der Waals surface area contributed by atoms with Crippen molar-refractivity contribution in [3.8, 4) is 12.3 Å². The number of hydrogen-bond donors (Lipinski definition) is 1. The first kappa shape index (κ1) is 6.81. The molecule has 0 spiro atoms. The Morgan fingerprint density at radius 1 is 1.33 bits per heavy atom. The number of para-hydroxylation sites is 1. The van der Waals surface area contributed by atoms with Crippen molar-refractivity contribution in [1.29, 1.82) is 0 Å². The summed E-state index contributed by atoms with van der Waals surface area (Å²) in [5.41, 5.74) is 7.00. The number of furan rings is 1. The summed E-state index contributed by atoms with van der Waals surface area (Å²) in [7, 11) is 0. The number of hydrogen-bond acceptors (Lipinski definition) is 2. The van der Waals surface area contributed by atoms with Crippen LogP contribution in [-0.4, -0.2) is 0 Å². The quantitative estimate of drug-likeness (QED) is 0.594. The van der Waals surface area contributed by atoms with Crippen LogP contribution in [0.2, 0.25) is 0 Å². The molecule has 0 saturated heterocycles. The summed E-state index contributed by atoms with van der Waals surface area (Å²) >= 11 is 0. The smallest absolute Gasteiger partial charge is 0.200 e. The third kappa shape index (κ3) is 0.770. The van der Waals surface area contributed by atoms with E-state index in [1.165, 1.54) is 0 Å². The van der Waals surface area contributed by atoms with Crippen LogP contribution < -0.4 is 5.73 Å². The molecular weight excluding hydrogens is 150 g/mol. The van der Waals surface area contributed by atoms with Crippen molar-refractivity contribution in [2.45, 2.75) is 0 Å². The van der Waals surface area contributed by atoms with Crippen molar-refractivity contribution in [2.24, 2.45) is 0 Å². The maximum absolute atomic E-state index is 5.71. The van der Waals surface area contributed by atoms with E-state index in [0.29, 0.717) is 11.4 Å². The lowest BCUT2D eigenvalue weighted by Gasteiger charge is -1.85. The Morgan fingerprint density at radius 2 is 2.08 bits per heavy atom. The van der Waals surface area contributed by atoms with Crippen molar-refractivity contribution < 1.29 is 4.42 Å². The standard InChI is InChI=1S/C10H7NO/c1-2-8-10(11)7-5-3-4-6-9(7)12-8/h1,3-6H,11H2. The highest BCUT2D eigenvalue weighted by molar-refractivity contribution is 5.92. The Hall–Kier alpha value is -1.88. The van der Waals surface area contributed by atoms with Crippen molar-refractivity contribution in [1.82, 2.24) is 0 Å². The van der Waals surface area contributed by atoms with Gasteiger partial charge in [-0.15, -0.1) is 6.42 Å². The summed E-state index contributed by atoms with van der Waals surface area (Å²) in [5, 5.41) is 0.880. The minimum absolute atomic E-state index is 0.413. The van der Waals surface area contributed by atoms with Crippen molar-refractivity contribution >= 4 is 16.7 Å². The largest absolute Gasteiger partial charge is 0.445 e. The zero-order valence-corrected chi connectivity index (χ0v) is 6.37. The lowest BCUT2D eigenvalue weighted by Crippen LogP contribution is -1.83. The third-order valence-electron chi connectivity index (χ3n) is 1.76. The van der Waals surface area contributed by atoms with Gasteiger partial charge in [0.1, 0.15) is 5.58 Å². The molecule has 0 aliphatic heterocycles. The van der Waals surface area contributed by atoms with Gasteiger partial charge in [0.05, 0.1) is 5.69 Å². The van der Waals surface area contributed by atoms with Gasteiger partial charge < -0.3 is 10.2 Å². The second-order valence-electron chi connectivity index (χ2n) is 2.49. The Morgan fingerprint density at radius 3 is 2.75 bits per heavy atom. The molecule has 58 valence electrons. The van der Waals surface area contributed by atoms with Gasteiger partial charge >= 0.3 is 0 Å². The number of terminal acetylenes is 1. The number of benzene rings is 1. The number of fused-ring (bicyclic) bond motifs is 1. The minimum Gasteiger partial charge on any atom is -0.445 e. The van der Waals surface area contributed by atoms with Gasteiger partial charge in [-0.1, -0.05) is 12.1 Å². The topological polar surface area (TPSA) is 39.2 Å². The van der Waals surface area contributed by atoms with E-state index in [1.807, 2.05) is 24.3 Å². The van der Waals surface area contributed by atoms with E-state index < -0.39 is 0 Å². The van der Waals surface area contributed by atoms with E-state index in [2.05, 4.69) is 5.92 Å². The second-order valence-corrected chi connectivity index (χ2v) is 2.49. The van der Waals surface area contributed by atoms with Gasteiger partial charge in [0.2, 0.25) is 5.76 Å². The summed E-state index contributed by atoms with van der Waals surface area (Å²) in [6.45, 7) is 0. The average molecular weight is 157 g/mol. The molecule has 1 heterocycles. The van der Waals surface area contributed by atoms with E-state index in [1.54, 1.807) is 0 Å². The van der Waals surface area contributed by atoms with Crippen LogP contribution in [0.1, 0.15) is 5.76 Å². The molecule has 2 rings (SSSR count). The van der Waals surface area contributed by atoms with E-state index in [4.69, 9.17) is 16.6 Å². The SMILES string of the molecule is C#Cc1oc2ccccc2c1N. The Balaban J connectivity index is 2.90. The molecule has 0 amide bonds. The molecule has 2 heteroatoms. The molecule has 0 aliphatic carbocycles. The molecule has 0 aliphatic rings. The number of nitrogens with two attached hydrogens (primary N) is 1. The average Bonchev–Trinajstić information content (AvgIpc) is 2.44. The lowest BCUT2D eigenvalue weighted by molar-refractivity contribution is 0.603. The van der Waals surface area contributed by atoms with E-state index in [9.17, 15) is 0 Å². The first-order valence-corrected chi connectivity index (χ1v) is 3.56. The maximum Gasteiger partial charge on any atom is 0.200 e. The molecule has 2 N–H and O–H groups in total. The van der Waals surface area contributed by atoms with Crippen LogP contribution in [0, 0.1) is 12.3 Å². The normalized spacial score (nSPS) is 9.92. The molecule has 2 nitrogen and oxygen atoms in total. The number of anilines is 1. The lowest BCUT2D eigenvalue weighted by atomic mass is 10.2. The van der Waals surface area contributed by atoms with Gasteiger partial charge in [-0.2, -0.15) is 0 Å². The van der Waals surface area contributed by atoms with E-state index >= 15 is 0 Å². The molecule has 12 heavy (non-hydrogen) atoms. The van der Waals surface area contributed by atoms with Gasteiger partial charge in [0, 0.05) is 5.39 Å². The highest BCUT2D eigenvalue weighted by atomic mass is 16.3. The predicted molar refractivity (Wildman–Crippen MR) is 48.6 cm³/mol. The monoisotopic (exact) mass is 157 g/mol. The van der Waals surface area contributed by atoms with Crippen LogP contribution in [0.3, 0.4) is 0 Å². The van der Waals surface area contributed by atoms with Crippen LogP contribution in [0.4, 0.5) is 5.69 Å². The van der Waals surface area contributed by atoms with Gasteiger partial charge in [0.25, 0.3) is 0 Å². The first-order valence-electron chi connectivity index (χ1n) is 3.56. The van der Waals surface area contributed by atoms with Crippen molar-refractivity contribution in [3.05, 3.63) is 30.0 Å². The van der Waals surface area contributed by atoms with Crippen molar-refractivity contribution in [2.75, 3.05) is 5.73 Å². The molecule has 0 bridgehead atoms. The molecule has 1 aromatic heterocycles. The Kier molecular flexibility index (Phi) is 1.31. The zero-order chi connectivity index (χ0) is 8.55. The van der Waals surface area contributed by atoms with Gasteiger partial charge in [0.15, 0.2) is 0 Å². The highest BCUT2D eigenvalue weighted by Crippen LogP contribution is 2.26. The fourth-order valence-electron chi connectivity index (χ4n) is 1.17. The summed E-state index contributed by atoms with van der Waals surface area (Å²) in [5.74, 6) is 2.81. The molecule has 2 aromatic rings. The van der Waals surface area contributed by atoms with Crippen LogP contribution in [0.25, 0.3) is 11.0 Å². The predicted octanol–water partition coefficient (Wildman–Crippen LogP) is 2.00. The molecule has 0 radical (unpaired) electrons. The molecule has 0 saturated carbocycles. The Bertz CT molecular complexity index is 462. The molecule has 0 fully saturated rings. The second kappa shape index (κ2) is 2.31. The fourth-order valence-corrected chi connectivity index (χ4v) is 1.17. The van der Waals surface area contributed by atoms with Crippen molar-refractivity contribution in [3.63, 3.8) is 0 Å². The Labute approximate surface area is 70.0 Å². The summed E-state index contributed by atoms with van der Waals surface area (Å²) in [4.78, 5) is 0. The maximum atomic E-state index is 5.71. The molecule has 0 atom stereocenters. The van der Waals surface area contributed by atoms with E-state index in [-0.39, 0.29) is 0 Å². The summed E-state index contributed by atoms with van der Waals surface area (Å²) in [6.07, 6.45) is 5.19. The zero-order valence-electron chi connectivity index (χ0n) is 6.37. The fraction of sp³-hybridized carbons (Fsp3) is 0. The summed E-state index contributed by atoms with van der Waals surface area (Å²) < 4.78 is 5.29. The van der Waals surface area contributed by atoms with Crippen LogP contribution in [0.5, 0.6) is 0 Å².